The first-order valence-corrected chi connectivity index (χ1v) is 6.42. The van der Waals surface area contributed by atoms with Gasteiger partial charge in [-0.25, -0.2) is 0 Å². The monoisotopic (exact) mass is 315 g/mol. The van der Waals surface area contributed by atoms with Gasteiger partial charge in [0.1, 0.15) is 0 Å². The van der Waals surface area contributed by atoms with Crippen molar-refractivity contribution in [3.05, 3.63) is 51.2 Å². The Labute approximate surface area is 124 Å². The van der Waals surface area contributed by atoms with Crippen molar-refractivity contribution in [2.24, 2.45) is 0 Å². The second-order valence-electron chi connectivity index (χ2n) is 3.86. The van der Waals surface area contributed by atoms with Gasteiger partial charge in [0.2, 0.25) is 0 Å². The van der Waals surface area contributed by atoms with Crippen molar-refractivity contribution in [1.29, 1.82) is 0 Å². The van der Waals surface area contributed by atoms with Crippen molar-refractivity contribution in [1.82, 2.24) is 4.98 Å². The molecule has 3 nitrogen and oxygen atoms in total. The summed E-state index contributed by atoms with van der Waals surface area (Å²) in [7, 11) is 0. The lowest BCUT2D eigenvalue weighted by atomic mass is 10.1. The van der Waals surface area contributed by atoms with Gasteiger partial charge in [-0.1, -0.05) is 40.9 Å². The molecule has 0 aliphatic rings. The summed E-state index contributed by atoms with van der Waals surface area (Å²) in [5.41, 5.74) is 2.05. The van der Waals surface area contributed by atoms with Crippen LogP contribution in [0.2, 0.25) is 15.1 Å². The number of aromatic nitrogens is 1. The van der Waals surface area contributed by atoms with Gasteiger partial charge in [-0.3, -0.25) is 9.78 Å². The van der Waals surface area contributed by atoms with Crippen LogP contribution in [-0.4, -0.2) is 16.1 Å². The van der Waals surface area contributed by atoms with Gasteiger partial charge in [0, 0.05) is 11.8 Å². The van der Waals surface area contributed by atoms with Crippen LogP contribution in [0.1, 0.15) is 5.69 Å². The number of carbonyl (C=O) groups is 1. The second kappa shape index (κ2) is 5.78. The van der Waals surface area contributed by atoms with Crippen LogP contribution in [0.25, 0.3) is 11.1 Å². The molecule has 1 aromatic carbocycles. The Hall–Kier alpha value is -1.29. The minimum Gasteiger partial charge on any atom is -0.481 e. The SMILES string of the molecule is O=C(O)Cc1ccc(-c2cc(Cl)c(Cl)c(Cl)c2)cn1. The lowest BCUT2D eigenvalue weighted by Crippen LogP contribution is -2.01. The first-order chi connectivity index (χ1) is 8.97. The third-order valence-electron chi connectivity index (χ3n) is 2.47. The molecule has 0 saturated carbocycles. The number of rotatable bonds is 3. The van der Waals surface area contributed by atoms with E-state index in [9.17, 15) is 4.79 Å². The largest absolute Gasteiger partial charge is 0.481 e. The topological polar surface area (TPSA) is 50.2 Å². The van der Waals surface area contributed by atoms with Gasteiger partial charge in [-0.2, -0.15) is 0 Å². The molecular weight excluding hydrogens is 309 g/mol. The number of benzene rings is 1. The van der Waals surface area contributed by atoms with Crippen molar-refractivity contribution in [2.75, 3.05) is 0 Å². The van der Waals surface area contributed by atoms with Crippen molar-refractivity contribution in [3.63, 3.8) is 0 Å². The van der Waals surface area contributed by atoms with E-state index in [-0.39, 0.29) is 6.42 Å². The first-order valence-electron chi connectivity index (χ1n) is 5.29. The lowest BCUT2D eigenvalue weighted by molar-refractivity contribution is -0.136. The molecule has 0 saturated heterocycles. The van der Waals surface area contributed by atoms with Crippen LogP contribution in [0.5, 0.6) is 0 Å². The smallest absolute Gasteiger partial charge is 0.309 e. The van der Waals surface area contributed by atoms with E-state index in [0.29, 0.717) is 20.8 Å². The highest BCUT2D eigenvalue weighted by Crippen LogP contribution is 2.34. The molecule has 0 bridgehead atoms. The molecule has 0 aliphatic heterocycles. The van der Waals surface area contributed by atoms with Crippen LogP contribution in [0.3, 0.4) is 0 Å². The minimum atomic E-state index is -0.919. The average molecular weight is 317 g/mol. The highest BCUT2D eigenvalue weighted by Gasteiger charge is 2.08. The van der Waals surface area contributed by atoms with E-state index in [1.807, 2.05) is 0 Å². The molecule has 1 aromatic heterocycles. The fourth-order valence-corrected chi connectivity index (χ4v) is 2.17. The summed E-state index contributed by atoms with van der Waals surface area (Å²) in [6, 6.07) is 6.79. The summed E-state index contributed by atoms with van der Waals surface area (Å²) in [5, 5.41) is 9.69. The zero-order valence-electron chi connectivity index (χ0n) is 9.53. The molecular formula is C13H8Cl3NO2. The summed E-state index contributed by atoms with van der Waals surface area (Å²) in [6.07, 6.45) is 1.47. The Bertz CT molecular complexity index is 603. The van der Waals surface area contributed by atoms with Gasteiger partial charge in [-0.05, 0) is 23.8 Å². The normalized spacial score (nSPS) is 10.5. The molecule has 1 N–H and O–H groups in total. The minimum absolute atomic E-state index is 0.109. The molecule has 0 spiro atoms. The molecule has 0 fully saturated rings. The van der Waals surface area contributed by atoms with Gasteiger partial charge in [-0.15, -0.1) is 0 Å². The third kappa shape index (κ3) is 3.38. The molecule has 19 heavy (non-hydrogen) atoms. The average Bonchev–Trinajstić information content (AvgIpc) is 2.35. The van der Waals surface area contributed by atoms with E-state index in [1.54, 1.807) is 30.5 Å². The molecule has 1 heterocycles. The summed E-state index contributed by atoms with van der Waals surface area (Å²) in [4.78, 5) is 14.6. The zero-order valence-corrected chi connectivity index (χ0v) is 11.8. The molecule has 2 aromatic rings. The predicted octanol–water partition coefficient (Wildman–Crippen LogP) is 4.34. The third-order valence-corrected chi connectivity index (χ3v) is 3.67. The van der Waals surface area contributed by atoms with E-state index >= 15 is 0 Å². The number of hydrogen-bond donors (Lipinski definition) is 1. The molecule has 0 amide bonds. The molecule has 2 rings (SSSR count). The standard InChI is InChI=1S/C13H8Cl3NO2/c14-10-3-8(4-11(15)13(10)16)7-1-2-9(17-6-7)5-12(18)19/h1-4,6H,5H2,(H,18,19). The van der Waals surface area contributed by atoms with Gasteiger partial charge in [0.15, 0.2) is 0 Å². The number of nitrogens with zero attached hydrogens (tertiary/aromatic N) is 1. The molecule has 0 radical (unpaired) electrons. The number of pyridine rings is 1. The van der Waals surface area contributed by atoms with Gasteiger partial charge in [0.25, 0.3) is 0 Å². The predicted molar refractivity (Wildman–Crippen MR) is 76.0 cm³/mol. The Morgan fingerprint density at radius 3 is 2.21 bits per heavy atom. The fourth-order valence-electron chi connectivity index (χ4n) is 1.58. The molecule has 0 aliphatic carbocycles. The lowest BCUT2D eigenvalue weighted by Gasteiger charge is -2.06. The summed E-state index contributed by atoms with van der Waals surface area (Å²) < 4.78 is 0. The molecule has 0 atom stereocenters. The maximum Gasteiger partial charge on any atom is 0.309 e. The van der Waals surface area contributed by atoms with Gasteiger partial charge in [0.05, 0.1) is 27.2 Å². The van der Waals surface area contributed by atoms with Crippen LogP contribution in [-0.2, 0) is 11.2 Å². The number of carboxylic acids is 1. The Morgan fingerprint density at radius 1 is 1.11 bits per heavy atom. The van der Waals surface area contributed by atoms with E-state index in [1.165, 1.54) is 0 Å². The van der Waals surface area contributed by atoms with Crippen LogP contribution in [0.4, 0.5) is 0 Å². The van der Waals surface area contributed by atoms with Crippen molar-refractivity contribution < 1.29 is 9.90 Å². The Morgan fingerprint density at radius 2 is 1.74 bits per heavy atom. The van der Waals surface area contributed by atoms with Crippen LogP contribution in [0.15, 0.2) is 30.5 Å². The van der Waals surface area contributed by atoms with Crippen LogP contribution in [0, 0.1) is 0 Å². The molecule has 6 heteroatoms. The second-order valence-corrected chi connectivity index (χ2v) is 5.05. The maximum absolute atomic E-state index is 10.6. The van der Waals surface area contributed by atoms with Crippen molar-refractivity contribution in [2.45, 2.75) is 6.42 Å². The van der Waals surface area contributed by atoms with Gasteiger partial charge < -0.3 is 5.11 Å². The van der Waals surface area contributed by atoms with Crippen molar-refractivity contribution in [3.8, 4) is 11.1 Å². The Kier molecular flexibility index (Phi) is 4.30. The highest BCUT2D eigenvalue weighted by molar-refractivity contribution is 6.48. The van der Waals surface area contributed by atoms with E-state index < -0.39 is 5.97 Å². The highest BCUT2D eigenvalue weighted by atomic mass is 35.5. The molecule has 0 unspecified atom stereocenters. The fraction of sp³-hybridized carbons (Fsp3) is 0.0769. The quantitative estimate of drug-likeness (QED) is 0.857. The number of hydrogen-bond acceptors (Lipinski definition) is 2. The summed E-state index contributed by atoms with van der Waals surface area (Å²) in [5.74, 6) is -0.919. The van der Waals surface area contributed by atoms with E-state index in [2.05, 4.69) is 4.98 Å². The number of halogens is 3. The van der Waals surface area contributed by atoms with E-state index in [4.69, 9.17) is 39.9 Å². The first kappa shape index (κ1) is 14.1. The van der Waals surface area contributed by atoms with Crippen molar-refractivity contribution >= 4 is 40.8 Å². The summed E-state index contributed by atoms with van der Waals surface area (Å²) >= 11 is 17.8. The van der Waals surface area contributed by atoms with Gasteiger partial charge >= 0.3 is 5.97 Å². The summed E-state index contributed by atoms with van der Waals surface area (Å²) in [6.45, 7) is 0. The zero-order chi connectivity index (χ0) is 14.0. The Balaban J connectivity index is 2.34. The van der Waals surface area contributed by atoms with Crippen LogP contribution >= 0.6 is 34.8 Å². The molecule has 98 valence electrons. The maximum atomic E-state index is 10.6. The van der Waals surface area contributed by atoms with Crippen LogP contribution < -0.4 is 0 Å². The number of aliphatic carboxylic acids is 1. The number of carboxylic acid groups (broad SMARTS) is 1. The van der Waals surface area contributed by atoms with E-state index in [0.717, 1.165) is 11.1 Å².